The van der Waals surface area contributed by atoms with Gasteiger partial charge in [-0.3, -0.25) is 4.79 Å². The van der Waals surface area contributed by atoms with Gasteiger partial charge in [0.05, 0.1) is 27.5 Å². The van der Waals surface area contributed by atoms with Crippen molar-refractivity contribution in [2.75, 3.05) is 5.32 Å². The van der Waals surface area contributed by atoms with Crippen molar-refractivity contribution in [3.8, 4) is 0 Å². The topological polar surface area (TPSA) is 54.9 Å². The van der Waals surface area contributed by atoms with Crippen LogP contribution in [0.4, 0.5) is 5.69 Å². The van der Waals surface area contributed by atoms with Gasteiger partial charge in [-0.1, -0.05) is 23.2 Å². The first-order valence-corrected chi connectivity index (χ1v) is 8.30. The van der Waals surface area contributed by atoms with E-state index in [4.69, 9.17) is 23.2 Å². The van der Waals surface area contributed by atoms with Gasteiger partial charge >= 0.3 is 0 Å². The molecule has 0 aliphatic carbocycles. The Balaban J connectivity index is 1.98. The molecule has 0 saturated carbocycles. The van der Waals surface area contributed by atoms with Crippen molar-refractivity contribution in [3.63, 3.8) is 0 Å². The molecule has 1 heterocycles. The largest absolute Gasteiger partial charge is 0.319 e. The lowest BCUT2D eigenvalue weighted by Gasteiger charge is -2.08. The fourth-order valence-electron chi connectivity index (χ4n) is 1.77. The van der Waals surface area contributed by atoms with Gasteiger partial charge in [0.2, 0.25) is 0 Å². The third kappa shape index (κ3) is 2.98. The number of amides is 1. The van der Waals surface area contributed by atoms with Crippen molar-refractivity contribution in [2.24, 2.45) is 0 Å². The fourth-order valence-corrected chi connectivity index (χ4v) is 3.03. The zero-order chi connectivity index (χ0) is 15.0. The maximum absolute atomic E-state index is 12.3. The molecule has 0 spiro atoms. The Morgan fingerprint density at radius 2 is 1.95 bits per heavy atom. The molecule has 1 N–H and O–H groups in total. The Hall–Kier alpha value is -0.960. The first-order valence-electron chi connectivity index (χ1n) is 5.73. The summed E-state index contributed by atoms with van der Waals surface area (Å²) in [6.45, 7) is 0. The summed E-state index contributed by atoms with van der Waals surface area (Å²) in [7, 11) is 0. The molecular weight excluding hydrogens is 444 g/mol. The number of fused-ring (bicyclic) bond motifs is 1. The van der Waals surface area contributed by atoms with Gasteiger partial charge in [0, 0.05) is 9.13 Å². The molecule has 0 saturated heterocycles. The molecule has 21 heavy (non-hydrogen) atoms. The molecule has 3 aromatic rings. The van der Waals surface area contributed by atoms with Crippen LogP contribution in [0.5, 0.6) is 0 Å². The maximum atomic E-state index is 12.3. The van der Waals surface area contributed by atoms with Crippen molar-refractivity contribution < 1.29 is 4.79 Å². The SMILES string of the molecule is O=C(Nc1c(Cl)ccc2nsnc12)c1ccc(I)c(Cl)c1. The predicted octanol–water partition coefficient (Wildman–Crippen LogP) is 4.86. The molecule has 0 fully saturated rings. The number of rotatable bonds is 2. The first kappa shape index (κ1) is 15.0. The lowest BCUT2D eigenvalue weighted by molar-refractivity contribution is 0.102. The van der Waals surface area contributed by atoms with Crippen LogP contribution in [0.25, 0.3) is 11.0 Å². The number of carbonyl (C=O) groups excluding carboxylic acids is 1. The van der Waals surface area contributed by atoms with E-state index in [2.05, 4.69) is 36.7 Å². The van der Waals surface area contributed by atoms with E-state index in [0.717, 1.165) is 15.3 Å². The summed E-state index contributed by atoms with van der Waals surface area (Å²) < 4.78 is 9.17. The monoisotopic (exact) mass is 449 g/mol. The summed E-state index contributed by atoms with van der Waals surface area (Å²) in [6.07, 6.45) is 0. The van der Waals surface area contributed by atoms with E-state index in [1.54, 1.807) is 30.3 Å². The summed E-state index contributed by atoms with van der Waals surface area (Å²) in [5.74, 6) is -0.296. The molecule has 0 bridgehead atoms. The molecule has 0 aliphatic rings. The van der Waals surface area contributed by atoms with Crippen molar-refractivity contribution in [1.29, 1.82) is 0 Å². The number of anilines is 1. The van der Waals surface area contributed by atoms with Crippen LogP contribution in [-0.2, 0) is 0 Å². The number of halogens is 3. The molecule has 2 aromatic carbocycles. The Kier molecular flexibility index (Phi) is 4.30. The lowest BCUT2D eigenvalue weighted by atomic mass is 10.2. The highest BCUT2D eigenvalue weighted by Crippen LogP contribution is 2.30. The second-order valence-corrected chi connectivity index (χ2v) is 6.64. The maximum Gasteiger partial charge on any atom is 0.255 e. The Labute approximate surface area is 147 Å². The summed E-state index contributed by atoms with van der Waals surface area (Å²) in [5, 5.41) is 3.72. The van der Waals surface area contributed by atoms with Crippen LogP contribution in [0.15, 0.2) is 30.3 Å². The number of hydrogen-bond donors (Lipinski definition) is 1. The van der Waals surface area contributed by atoms with Gasteiger partial charge in [0.1, 0.15) is 11.0 Å². The van der Waals surface area contributed by atoms with E-state index >= 15 is 0 Å². The van der Waals surface area contributed by atoms with Gasteiger partial charge in [-0.25, -0.2) is 0 Å². The van der Waals surface area contributed by atoms with Gasteiger partial charge in [0.25, 0.3) is 5.91 Å². The van der Waals surface area contributed by atoms with Crippen molar-refractivity contribution in [3.05, 3.63) is 49.5 Å². The molecule has 1 amide bonds. The van der Waals surface area contributed by atoms with Crippen LogP contribution in [0.3, 0.4) is 0 Å². The lowest BCUT2D eigenvalue weighted by Crippen LogP contribution is -2.12. The van der Waals surface area contributed by atoms with E-state index in [9.17, 15) is 4.79 Å². The van der Waals surface area contributed by atoms with E-state index < -0.39 is 0 Å². The smallest absolute Gasteiger partial charge is 0.255 e. The van der Waals surface area contributed by atoms with Crippen LogP contribution in [-0.4, -0.2) is 14.7 Å². The quantitative estimate of drug-likeness (QED) is 0.568. The minimum atomic E-state index is -0.296. The molecule has 8 heteroatoms. The predicted molar refractivity (Wildman–Crippen MR) is 94.5 cm³/mol. The van der Waals surface area contributed by atoms with Crippen molar-refractivity contribution in [2.45, 2.75) is 0 Å². The minimum absolute atomic E-state index is 0.296. The number of nitrogens with one attached hydrogen (secondary N) is 1. The third-order valence-corrected chi connectivity index (χ3v) is 5.23. The van der Waals surface area contributed by atoms with Crippen molar-refractivity contribution >= 4 is 80.1 Å². The highest BCUT2D eigenvalue weighted by Gasteiger charge is 2.14. The highest BCUT2D eigenvalue weighted by atomic mass is 127. The highest BCUT2D eigenvalue weighted by molar-refractivity contribution is 14.1. The molecule has 0 atom stereocenters. The van der Waals surface area contributed by atoms with E-state index in [0.29, 0.717) is 32.3 Å². The van der Waals surface area contributed by atoms with Gasteiger partial charge in [-0.2, -0.15) is 8.75 Å². The fraction of sp³-hybridized carbons (Fsp3) is 0. The van der Waals surface area contributed by atoms with Gasteiger partial charge in [-0.15, -0.1) is 0 Å². The van der Waals surface area contributed by atoms with Crippen LogP contribution in [0.1, 0.15) is 10.4 Å². The zero-order valence-electron chi connectivity index (χ0n) is 10.2. The molecule has 4 nitrogen and oxygen atoms in total. The average Bonchev–Trinajstić information content (AvgIpc) is 2.93. The zero-order valence-corrected chi connectivity index (χ0v) is 14.7. The Bertz CT molecular complexity index is 853. The van der Waals surface area contributed by atoms with E-state index in [1.165, 1.54) is 0 Å². The van der Waals surface area contributed by atoms with Gasteiger partial charge in [0.15, 0.2) is 0 Å². The second-order valence-electron chi connectivity index (χ2n) is 4.14. The second kappa shape index (κ2) is 6.04. The first-order chi connectivity index (χ1) is 10.1. The number of hydrogen-bond acceptors (Lipinski definition) is 4. The van der Waals surface area contributed by atoms with E-state index in [1.807, 2.05) is 0 Å². The normalized spacial score (nSPS) is 10.8. The molecular formula is C13H6Cl2IN3OS. The Morgan fingerprint density at radius 3 is 2.71 bits per heavy atom. The molecule has 0 aliphatic heterocycles. The number of carbonyl (C=O) groups is 1. The molecule has 1 aromatic heterocycles. The number of aromatic nitrogens is 2. The number of benzene rings is 2. The standard InChI is InChI=1S/C13H6Cl2IN3OS/c14-7-2-4-10-12(19-21-18-10)11(7)17-13(20)6-1-3-9(16)8(15)5-6/h1-5H,(H,17,20). The minimum Gasteiger partial charge on any atom is -0.319 e. The van der Waals surface area contributed by atoms with Crippen LogP contribution < -0.4 is 5.32 Å². The van der Waals surface area contributed by atoms with Crippen LogP contribution in [0.2, 0.25) is 10.0 Å². The summed E-state index contributed by atoms with van der Waals surface area (Å²) in [4.78, 5) is 12.3. The van der Waals surface area contributed by atoms with Crippen molar-refractivity contribution in [1.82, 2.24) is 8.75 Å². The number of nitrogens with zero attached hydrogens (tertiary/aromatic N) is 2. The van der Waals surface area contributed by atoms with Gasteiger partial charge < -0.3 is 5.32 Å². The summed E-state index contributed by atoms with van der Waals surface area (Å²) in [5.41, 5.74) is 2.19. The van der Waals surface area contributed by atoms with Crippen LogP contribution in [0, 0.1) is 3.57 Å². The summed E-state index contributed by atoms with van der Waals surface area (Å²) in [6, 6.07) is 8.55. The average molecular weight is 450 g/mol. The van der Waals surface area contributed by atoms with E-state index in [-0.39, 0.29) is 5.91 Å². The Morgan fingerprint density at radius 1 is 1.14 bits per heavy atom. The van der Waals surface area contributed by atoms with Crippen LogP contribution >= 0.6 is 57.5 Å². The molecule has 0 radical (unpaired) electrons. The molecule has 3 rings (SSSR count). The third-order valence-electron chi connectivity index (χ3n) is 2.80. The molecule has 0 unspecified atom stereocenters. The summed E-state index contributed by atoms with van der Waals surface area (Å²) >= 11 is 15.4. The molecule has 106 valence electrons. The van der Waals surface area contributed by atoms with Gasteiger partial charge in [-0.05, 0) is 52.9 Å².